The molecule has 1 aliphatic heterocycles. The Kier molecular flexibility index (Phi) is 5.26. The monoisotopic (exact) mass is 240 g/mol. The predicted octanol–water partition coefficient (Wildman–Crippen LogP) is 1.73. The lowest BCUT2D eigenvalue weighted by Gasteiger charge is -2.33. The highest BCUT2D eigenvalue weighted by Gasteiger charge is 2.30. The number of rotatable bonds is 7. The summed E-state index contributed by atoms with van der Waals surface area (Å²) in [6.07, 6.45) is 4.36. The second-order valence-corrected chi connectivity index (χ2v) is 5.61. The second kappa shape index (κ2) is 6.72. The van der Waals surface area contributed by atoms with Gasteiger partial charge in [0.25, 0.3) is 0 Å². The molecule has 0 aromatic heterocycles. The molecule has 0 amide bonds. The minimum Gasteiger partial charge on any atom is -0.379 e. The van der Waals surface area contributed by atoms with Crippen LogP contribution in [0.3, 0.4) is 0 Å². The first-order valence-corrected chi connectivity index (χ1v) is 7.37. The summed E-state index contributed by atoms with van der Waals surface area (Å²) in [5.41, 5.74) is 0. The first kappa shape index (κ1) is 13.3. The molecule has 0 spiro atoms. The Bertz CT molecular complexity index is 218. The topological polar surface area (TPSA) is 24.5 Å². The van der Waals surface area contributed by atoms with E-state index in [0.717, 1.165) is 25.7 Å². The Morgan fingerprint density at radius 3 is 2.59 bits per heavy atom. The second-order valence-electron chi connectivity index (χ2n) is 5.61. The fourth-order valence-electron chi connectivity index (χ4n) is 2.97. The Labute approximate surface area is 106 Å². The molecule has 3 heteroatoms. The van der Waals surface area contributed by atoms with Crippen LogP contribution in [-0.2, 0) is 4.74 Å². The molecule has 1 N–H and O–H groups in total. The van der Waals surface area contributed by atoms with Gasteiger partial charge in [-0.05, 0) is 31.8 Å². The molecular weight excluding hydrogens is 212 g/mol. The third-order valence-corrected chi connectivity index (χ3v) is 4.35. The molecule has 2 rings (SSSR count). The Morgan fingerprint density at radius 1 is 1.18 bits per heavy atom. The average molecular weight is 240 g/mol. The van der Waals surface area contributed by atoms with Gasteiger partial charge in [0.2, 0.25) is 0 Å². The summed E-state index contributed by atoms with van der Waals surface area (Å²) in [7, 11) is 0. The highest BCUT2D eigenvalue weighted by Crippen LogP contribution is 2.27. The number of nitrogens with zero attached hydrogens (tertiary/aromatic N) is 1. The van der Waals surface area contributed by atoms with Crippen LogP contribution in [0.4, 0.5) is 0 Å². The van der Waals surface area contributed by atoms with Gasteiger partial charge in [0.15, 0.2) is 0 Å². The van der Waals surface area contributed by atoms with Crippen molar-refractivity contribution in [3.05, 3.63) is 0 Å². The van der Waals surface area contributed by atoms with Gasteiger partial charge in [-0.2, -0.15) is 0 Å². The summed E-state index contributed by atoms with van der Waals surface area (Å²) in [5, 5.41) is 3.55. The largest absolute Gasteiger partial charge is 0.379 e. The van der Waals surface area contributed by atoms with Crippen molar-refractivity contribution in [2.24, 2.45) is 11.8 Å². The van der Waals surface area contributed by atoms with Crippen LogP contribution < -0.4 is 5.32 Å². The highest BCUT2D eigenvalue weighted by molar-refractivity contribution is 4.84. The minimum atomic E-state index is 0.579. The summed E-state index contributed by atoms with van der Waals surface area (Å²) in [4.78, 5) is 2.63. The zero-order valence-electron chi connectivity index (χ0n) is 11.5. The minimum absolute atomic E-state index is 0.579. The third-order valence-electron chi connectivity index (χ3n) is 4.35. The van der Waals surface area contributed by atoms with E-state index in [9.17, 15) is 0 Å². The molecule has 0 aromatic carbocycles. The summed E-state index contributed by atoms with van der Waals surface area (Å²) in [5.74, 6) is 1.67. The van der Waals surface area contributed by atoms with Crippen molar-refractivity contribution in [1.29, 1.82) is 0 Å². The molecule has 2 aliphatic rings. The molecule has 1 aliphatic carbocycles. The van der Waals surface area contributed by atoms with Gasteiger partial charge in [0.1, 0.15) is 0 Å². The maximum atomic E-state index is 5.62. The van der Waals surface area contributed by atoms with Crippen LogP contribution >= 0.6 is 0 Å². The van der Waals surface area contributed by atoms with Gasteiger partial charge < -0.3 is 15.0 Å². The molecule has 1 heterocycles. The van der Waals surface area contributed by atoms with Crippen molar-refractivity contribution in [2.45, 2.75) is 39.2 Å². The molecule has 2 unspecified atom stereocenters. The summed E-state index contributed by atoms with van der Waals surface area (Å²) in [6, 6.07) is 0.579. The maximum Gasteiger partial charge on any atom is 0.0623 e. The van der Waals surface area contributed by atoms with Crippen LogP contribution in [0.2, 0.25) is 0 Å². The first-order valence-electron chi connectivity index (χ1n) is 7.37. The first-order chi connectivity index (χ1) is 8.33. The Balaban J connectivity index is 1.75. The van der Waals surface area contributed by atoms with Crippen molar-refractivity contribution in [3.8, 4) is 0 Å². The molecule has 0 radical (unpaired) electrons. The maximum absolute atomic E-state index is 5.62. The van der Waals surface area contributed by atoms with E-state index in [-0.39, 0.29) is 0 Å². The third kappa shape index (κ3) is 3.67. The quantitative estimate of drug-likeness (QED) is 0.733. The van der Waals surface area contributed by atoms with Crippen molar-refractivity contribution in [3.63, 3.8) is 0 Å². The van der Waals surface area contributed by atoms with E-state index in [0.29, 0.717) is 12.0 Å². The standard InChI is InChI=1S/C14H28N2O/c1-3-15-14-11-17-10-13(14)9-16(4-2)8-12-6-5-7-12/h12-15H,3-11H2,1-2H3. The van der Waals surface area contributed by atoms with Crippen molar-refractivity contribution in [2.75, 3.05) is 39.4 Å². The van der Waals surface area contributed by atoms with Crippen molar-refractivity contribution in [1.82, 2.24) is 10.2 Å². The number of likely N-dealkylation sites (N-methyl/N-ethyl adjacent to an activating group) is 1. The number of hydrogen-bond donors (Lipinski definition) is 1. The number of hydrogen-bond acceptors (Lipinski definition) is 3. The highest BCUT2D eigenvalue weighted by atomic mass is 16.5. The molecule has 1 saturated heterocycles. The zero-order chi connectivity index (χ0) is 12.1. The normalized spacial score (nSPS) is 29.8. The molecule has 3 nitrogen and oxygen atoms in total. The summed E-state index contributed by atoms with van der Waals surface area (Å²) in [6.45, 7) is 11.1. The van der Waals surface area contributed by atoms with Crippen LogP contribution in [0, 0.1) is 11.8 Å². The number of nitrogens with one attached hydrogen (secondary N) is 1. The average Bonchev–Trinajstić information content (AvgIpc) is 2.70. The lowest BCUT2D eigenvalue weighted by Crippen LogP contribution is -2.43. The van der Waals surface area contributed by atoms with Gasteiger partial charge in [0.05, 0.1) is 13.2 Å². The molecule has 1 saturated carbocycles. The van der Waals surface area contributed by atoms with E-state index >= 15 is 0 Å². The van der Waals surface area contributed by atoms with Gasteiger partial charge in [-0.3, -0.25) is 0 Å². The SMILES string of the molecule is CCNC1COCC1CN(CC)CC1CCC1. The lowest BCUT2D eigenvalue weighted by molar-refractivity contribution is 0.143. The van der Waals surface area contributed by atoms with E-state index < -0.39 is 0 Å². The Morgan fingerprint density at radius 2 is 2.00 bits per heavy atom. The molecule has 2 atom stereocenters. The van der Waals surface area contributed by atoms with Crippen molar-refractivity contribution < 1.29 is 4.74 Å². The van der Waals surface area contributed by atoms with Gasteiger partial charge in [-0.25, -0.2) is 0 Å². The van der Waals surface area contributed by atoms with Gasteiger partial charge >= 0.3 is 0 Å². The Hall–Kier alpha value is -0.120. The van der Waals surface area contributed by atoms with Crippen LogP contribution in [0.15, 0.2) is 0 Å². The molecule has 17 heavy (non-hydrogen) atoms. The molecule has 0 bridgehead atoms. The molecule has 0 aromatic rings. The van der Waals surface area contributed by atoms with Gasteiger partial charge in [-0.1, -0.05) is 20.3 Å². The molecule has 100 valence electrons. The van der Waals surface area contributed by atoms with Crippen molar-refractivity contribution >= 4 is 0 Å². The fraction of sp³-hybridized carbons (Fsp3) is 1.00. The van der Waals surface area contributed by atoms with E-state index in [1.54, 1.807) is 0 Å². The smallest absolute Gasteiger partial charge is 0.0623 e. The van der Waals surface area contributed by atoms with E-state index in [1.165, 1.54) is 38.9 Å². The van der Waals surface area contributed by atoms with E-state index in [1.807, 2.05) is 0 Å². The van der Waals surface area contributed by atoms with Crippen LogP contribution in [0.1, 0.15) is 33.1 Å². The van der Waals surface area contributed by atoms with E-state index in [2.05, 4.69) is 24.1 Å². The molecular formula is C14H28N2O. The van der Waals surface area contributed by atoms with Gasteiger partial charge in [0, 0.05) is 25.0 Å². The summed E-state index contributed by atoms with van der Waals surface area (Å²) < 4.78 is 5.62. The predicted molar refractivity (Wildman–Crippen MR) is 71.2 cm³/mol. The fourth-order valence-corrected chi connectivity index (χ4v) is 2.97. The number of ether oxygens (including phenoxy) is 1. The van der Waals surface area contributed by atoms with Crippen LogP contribution in [-0.4, -0.2) is 50.3 Å². The lowest BCUT2D eigenvalue weighted by atomic mass is 9.85. The van der Waals surface area contributed by atoms with Gasteiger partial charge in [-0.15, -0.1) is 0 Å². The van der Waals surface area contributed by atoms with Crippen LogP contribution in [0.5, 0.6) is 0 Å². The zero-order valence-corrected chi connectivity index (χ0v) is 11.5. The summed E-state index contributed by atoms with van der Waals surface area (Å²) >= 11 is 0. The van der Waals surface area contributed by atoms with Crippen LogP contribution in [0.25, 0.3) is 0 Å². The molecule has 2 fully saturated rings. The van der Waals surface area contributed by atoms with E-state index in [4.69, 9.17) is 4.74 Å².